The molecule has 2 aromatic rings. The van der Waals surface area contributed by atoms with Gasteiger partial charge in [0.15, 0.2) is 0 Å². The Kier molecular flexibility index (Phi) is 3.11. The Morgan fingerprint density at radius 1 is 1.39 bits per heavy atom. The highest BCUT2D eigenvalue weighted by Gasteiger charge is 2.05. The number of anilines is 3. The molecular formula is C13H11FN4. The van der Waals surface area contributed by atoms with E-state index in [1.165, 1.54) is 24.4 Å². The third-order valence-corrected chi connectivity index (χ3v) is 2.51. The molecule has 4 nitrogen and oxygen atoms in total. The average molecular weight is 242 g/mol. The van der Waals surface area contributed by atoms with Crippen molar-refractivity contribution in [2.75, 3.05) is 11.1 Å². The molecule has 0 fully saturated rings. The fourth-order valence-corrected chi connectivity index (χ4v) is 1.46. The van der Waals surface area contributed by atoms with Crippen molar-refractivity contribution < 1.29 is 4.39 Å². The van der Waals surface area contributed by atoms with Crippen molar-refractivity contribution in [3.8, 4) is 6.07 Å². The van der Waals surface area contributed by atoms with E-state index < -0.39 is 5.82 Å². The lowest BCUT2D eigenvalue weighted by Crippen LogP contribution is -1.99. The third-order valence-electron chi connectivity index (χ3n) is 2.51. The number of nitrogen functional groups attached to an aromatic ring is 1. The van der Waals surface area contributed by atoms with Crippen LogP contribution in [0.4, 0.5) is 21.6 Å². The molecule has 5 heteroatoms. The van der Waals surface area contributed by atoms with Crippen LogP contribution in [0.15, 0.2) is 30.5 Å². The van der Waals surface area contributed by atoms with Gasteiger partial charge in [0.2, 0.25) is 0 Å². The minimum atomic E-state index is -0.495. The summed E-state index contributed by atoms with van der Waals surface area (Å²) in [5, 5.41) is 11.5. The Morgan fingerprint density at radius 2 is 2.17 bits per heavy atom. The van der Waals surface area contributed by atoms with Crippen molar-refractivity contribution in [3.63, 3.8) is 0 Å². The highest BCUT2D eigenvalue weighted by atomic mass is 19.1. The van der Waals surface area contributed by atoms with Crippen LogP contribution in [0.5, 0.6) is 0 Å². The quantitative estimate of drug-likeness (QED) is 0.849. The number of nitriles is 1. The molecule has 0 saturated heterocycles. The van der Waals surface area contributed by atoms with Crippen LogP contribution in [0, 0.1) is 24.1 Å². The monoisotopic (exact) mass is 242 g/mol. The number of hydrogen-bond acceptors (Lipinski definition) is 4. The first-order chi connectivity index (χ1) is 8.60. The Hall–Kier alpha value is -2.61. The van der Waals surface area contributed by atoms with Crippen molar-refractivity contribution in [3.05, 3.63) is 47.4 Å². The number of aryl methyl sites for hydroxylation is 1. The maximum atomic E-state index is 13.6. The van der Waals surface area contributed by atoms with E-state index in [1.807, 2.05) is 13.0 Å². The lowest BCUT2D eigenvalue weighted by molar-refractivity contribution is 0.631. The molecule has 0 aliphatic rings. The summed E-state index contributed by atoms with van der Waals surface area (Å²) in [4.78, 5) is 4.05. The van der Waals surface area contributed by atoms with Gasteiger partial charge in [-0.1, -0.05) is 0 Å². The highest BCUT2D eigenvalue weighted by Crippen LogP contribution is 2.21. The Morgan fingerprint density at radius 3 is 2.78 bits per heavy atom. The van der Waals surface area contributed by atoms with Crippen LogP contribution < -0.4 is 11.1 Å². The molecule has 0 bridgehead atoms. The Bertz CT molecular complexity index is 631. The minimum Gasteiger partial charge on any atom is -0.397 e. The van der Waals surface area contributed by atoms with Gasteiger partial charge in [-0.3, -0.25) is 0 Å². The number of pyridine rings is 1. The molecule has 0 amide bonds. The molecule has 0 aliphatic carbocycles. The highest BCUT2D eigenvalue weighted by molar-refractivity contribution is 5.61. The summed E-state index contributed by atoms with van der Waals surface area (Å²) >= 11 is 0. The first-order valence-electron chi connectivity index (χ1n) is 5.29. The van der Waals surface area contributed by atoms with Crippen molar-refractivity contribution in [1.29, 1.82) is 5.26 Å². The lowest BCUT2D eigenvalue weighted by atomic mass is 10.2. The number of benzene rings is 1. The first-order valence-corrected chi connectivity index (χ1v) is 5.29. The summed E-state index contributed by atoms with van der Waals surface area (Å²) in [6.07, 6.45) is 1.51. The van der Waals surface area contributed by atoms with Gasteiger partial charge in [0.1, 0.15) is 11.6 Å². The molecule has 90 valence electrons. The second-order valence-corrected chi connectivity index (χ2v) is 3.86. The zero-order chi connectivity index (χ0) is 13.1. The number of nitrogens with zero attached hydrogens (tertiary/aromatic N) is 2. The molecule has 1 heterocycles. The molecule has 2 rings (SSSR count). The second kappa shape index (κ2) is 4.72. The summed E-state index contributed by atoms with van der Waals surface area (Å²) < 4.78 is 13.6. The van der Waals surface area contributed by atoms with Gasteiger partial charge in [-0.2, -0.15) is 5.26 Å². The smallest absolute Gasteiger partial charge is 0.147 e. The van der Waals surface area contributed by atoms with Gasteiger partial charge in [-0.05, 0) is 36.8 Å². The van der Waals surface area contributed by atoms with E-state index in [-0.39, 0.29) is 11.3 Å². The van der Waals surface area contributed by atoms with Crippen molar-refractivity contribution in [1.82, 2.24) is 4.98 Å². The standard InChI is InChI=1S/C13H11FN4/c1-8-4-13(17-7-11(8)16)18-12-3-2-9(6-15)5-10(12)14/h2-5,7H,16H2,1H3,(H,17,18). The molecule has 0 saturated carbocycles. The van der Waals surface area contributed by atoms with Crippen LogP contribution >= 0.6 is 0 Å². The molecule has 0 radical (unpaired) electrons. The summed E-state index contributed by atoms with van der Waals surface area (Å²) in [5.74, 6) is 0.00985. The van der Waals surface area contributed by atoms with Crippen LogP contribution in [0.25, 0.3) is 0 Å². The van der Waals surface area contributed by atoms with E-state index in [9.17, 15) is 4.39 Å². The van der Waals surface area contributed by atoms with Gasteiger partial charge in [0.25, 0.3) is 0 Å². The van der Waals surface area contributed by atoms with Gasteiger partial charge < -0.3 is 11.1 Å². The van der Waals surface area contributed by atoms with E-state index in [0.29, 0.717) is 11.5 Å². The summed E-state index contributed by atoms with van der Waals surface area (Å²) in [6.45, 7) is 1.84. The number of nitrogens with two attached hydrogens (primary N) is 1. The predicted octanol–water partition coefficient (Wildman–Crippen LogP) is 2.73. The number of rotatable bonds is 2. The molecule has 0 unspecified atom stereocenters. The summed E-state index contributed by atoms with van der Waals surface area (Å²) in [5.41, 5.74) is 7.64. The van der Waals surface area contributed by atoms with Crippen LogP contribution in [0.2, 0.25) is 0 Å². The Balaban J connectivity index is 2.29. The second-order valence-electron chi connectivity index (χ2n) is 3.86. The predicted molar refractivity (Wildman–Crippen MR) is 67.8 cm³/mol. The number of halogens is 1. The zero-order valence-electron chi connectivity index (χ0n) is 9.74. The van der Waals surface area contributed by atoms with Crippen molar-refractivity contribution >= 4 is 17.2 Å². The van der Waals surface area contributed by atoms with E-state index in [0.717, 1.165) is 5.56 Å². The molecular weight excluding hydrogens is 231 g/mol. The molecule has 1 aromatic carbocycles. The molecule has 1 aromatic heterocycles. The molecule has 0 aliphatic heterocycles. The zero-order valence-corrected chi connectivity index (χ0v) is 9.74. The normalized spacial score (nSPS) is 9.83. The third kappa shape index (κ3) is 2.38. The largest absolute Gasteiger partial charge is 0.397 e. The summed E-state index contributed by atoms with van der Waals surface area (Å²) in [7, 11) is 0. The average Bonchev–Trinajstić information content (AvgIpc) is 2.36. The minimum absolute atomic E-state index is 0.269. The van der Waals surface area contributed by atoms with Crippen molar-refractivity contribution in [2.45, 2.75) is 6.92 Å². The van der Waals surface area contributed by atoms with E-state index >= 15 is 0 Å². The van der Waals surface area contributed by atoms with E-state index in [2.05, 4.69) is 10.3 Å². The fraction of sp³-hybridized carbons (Fsp3) is 0.0769. The van der Waals surface area contributed by atoms with Gasteiger partial charge in [-0.25, -0.2) is 9.37 Å². The van der Waals surface area contributed by atoms with Crippen LogP contribution in [-0.2, 0) is 0 Å². The topological polar surface area (TPSA) is 74.7 Å². The molecule has 0 spiro atoms. The number of aromatic nitrogens is 1. The van der Waals surface area contributed by atoms with E-state index in [4.69, 9.17) is 11.0 Å². The molecule has 0 atom stereocenters. The SMILES string of the molecule is Cc1cc(Nc2ccc(C#N)cc2F)ncc1N. The lowest BCUT2D eigenvalue weighted by Gasteiger charge is -2.08. The van der Waals surface area contributed by atoms with Gasteiger partial charge in [-0.15, -0.1) is 0 Å². The number of nitrogens with one attached hydrogen (secondary N) is 1. The van der Waals surface area contributed by atoms with Crippen LogP contribution in [-0.4, -0.2) is 4.98 Å². The number of hydrogen-bond donors (Lipinski definition) is 2. The van der Waals surface area contributed by atoms with Gasteiger partial charge in [0.05, 0.1) is 29.2 Å². The fourth-order valence-electron chi connectivity index (χ4n) is 1.46. The summed E-state index contributed by atoms with van der Waals surface area (Å²) in [6, 6.07) is 7.82. The van der Waals surface area contributed by atoms with Crippen molar-refractivity contribution in [2.24, 2.45) is 0 Å². The van der Waals surface area contributed by atoms with Gasteiger partial charge in [0, 0.05) is 0 Å². The molecule has 18 heavy (non-hydrogen) atoms. The van der Waals surface area contributed by atoms with E-state index in [1.54, 1.807) is 6.07 Å². The maximum Gasteiger partial charge on any atom is 0.147 e. The van der Waals surface area contributed by atoms with Crippen LogP contribution in [0.1, 0.15) is 11.1 Å². The Labute approximate surface area is 104 Å². The first kappa shape index (κ1) is 11.9. The molecule has 3 N–H and O–H groups in total. The van der Waals surface area contributed by atoms with Crippen LogP contribution in [0.3, 0.4) is 0 Å². The van der Waals surface area contributed by atoms with Gasteiger partial charge >= 0.3 is 0 Å². The maximum absolute atomic E-state index is 13.6.